The van der Waals surface area contributed by atoms with Gasteiger partial charge in [0.05, 0.1) is 25.4 Å². The maximum atomic E-state index is 11.8. The van der Waals surface area contributed by atoms with Gasteiger partial charge in [0.25, 0.3) is 0 Å². The third-order valence-corrected chi connectivity index (χ3v) is 5.27. The van der Waals surface area contributed by atoms with Gasteiger partial charge in [-0.2, -0.15) is 0 Å². The second-order valence-corrected chi connectivity index (χ2v) is 6.89. The van der Waals surface area contributed by atoms with Gasteiger partial charge in [-0.1, -0.05) is 12.1 Å². The Kier molecular flexibility index (Phi) is 6.84. The largest absolute Gasteiger partial charge is 0.462 e. The number of piperidine rings is 1. The number of carbonyl (C=O) groups is 1. The maximum Gasteiger partial charge on any atom is 0.338 e. The standard InChI is InChI=1S/C20H30N2O3/c1-2-25-20(23)18-5-3-4-17(16-18)6-9-21-10-7-19(8-11-21)22-12-14-24-15-13-22/h3-5,16,19H,2,6-15H2,1H3. The molecule has 3 rings (SSSR count). The van der Waals surface area contributed by atoms with Crippen LogP contribution in [0.5, 0.6) is 0 Å². The molecule has 0 radical (unpaired) electrons. The summed E-state index contributed by atoms with van der Waals surface area (Å²) < 4.78 is 10.5. The van der Waals surface area contributed by atoms with Gasteiger partial charge in [-0.3, -0.25) is 4.90 Å². The number of esters is 1. The first-order valence-corrected chi connectivity index (χ1v) is 9.56. The van der Waals surface area contributed by atoms with Crippen molar-refractivity contribution in [2.75, 3.05) is 52.5 Å². The summed E-state index contributed by atoms with van der Waals surface area (Å²) in [6, 6.07) is 8.58. The van der Waals surface area contributed by atoms with Gasteiger partial charge < -0.3 is 14.4 Å². The van der Waals surface area contributed by atoms with Crippen LogP contribution in [0, 0.1) is 0 Å². The molecule has 0 aromatic heterocycles. The molecule has 5 nitrogen and oxygen atoms in total. The van der Waals surface area contributed by atoms with E-state index in [9.17, 15) is 4.79 Å². The van der Waals surface area contributed by atoms with Crippen LogP contribution in [0.4, 0.5) is 0 Å². The number of likely N-dealkylation sites (tertiary alicyclic amines) is 1. The minimum Gasteiger partial charge on any atom is -0.462 e. The second kappa shape index (κ2) is 9.32. The molecule has 2 aliphatic heterocycles. The Balaban J connectivity index is 1.43. The first-order valence-electron chi connectivity index (χ1n) is 9.56. The Morgan fingerprint density at radius 1 is 1.20 bits per heavy atom. The Labute approximate surface area is 150 Å². The number of ether oxygens (including phenoxy) is 2. The van der Waals surface area contributed by atoms with Crippen LogP contribution in [0.25, 0.3) is 0 Å². The molecular formula is C20H30N2O3. The van der Waals surface area contributed by atoms with E-state index in [2.05, 4.69) is 15.9 Å². The fraction of sp³-hybridized carbons (Fsp3) is 0.650. The number of hydrogen-bond donors (Lipinski definition) is 0. The van der Waals surface area contributed by atoms with Crippen LogP contribution in [0.1, 0.15) is 35.7 Å². The lowest BCUT2D eigenvalue weighted by atomic mass is 10.0. The summed E-state index contributed by atoms with van der Waals surface area (Å²) in [5.74, 6) is -0.226. The minimum absolute atomic E-state index is 0.226. The van der Waals surface area contributed by atoms with E-state index in [1.165, 1.54) is 31.5 Å². The average molecular weight is 346 g/mol. The molecule has 2 saturated heterocycles. The number of benzene rings is 1. The first kappa shape index (κ1) is 18.4. The summed E-state index contributed by atoms with van der Waals surface area (Å²) in [4.78, 5) is 17.0. The smallest absolute Gasteiger partial charge is 0.338 e. The quantitative estimate of drug-likeness (QED) is 0.739. The molecule has 0 bridgehead atoms. The molecule has 138 valence electrons. The third-order valence-electron chi connectivity index (χ3n) is 5.27. The Hall–Kier alpha value is -1.43. The molecule has 2 aliphatic rings. The summed E-state index contributed by atoms with van der Waals surface area (Å²) in [5, 5.41) is 0. The van der Waals surface area contributed by atoms with Crippen LogP contribution in [-0.2, 0) is 15.9 Å². The highest BCUT2D eigenvalue weighted by Gasteiger charge is 2.25. The van der Waals surface area contributed by atoms with Crippen molar-refractivity contribution in [2.24, 2.45) is 0 Å². The molecule has 1 aromatic carbocycles. The maximum absolute atomic E-state index is 11.8. The molecule has 0 atom stereocenters. The SMILES string of the molecule is CCOC(=O)c1cccc(CCN2CCC(N3CCOCC3)CC2)c1. The van der Waals surface area contributed by atoms with Crippen molar-refractivity contribution < 1.29 is 14.3 Å². The van der Waals surface area contributed by atoms with E-state index in [0.29, 0.717) is 12.2 Å². The number of morpholine rings is 1. The van der Waals surface area contributed by atoms with Gasteiger partial charge in [0.2, 0.25) is 0 Å². The molecule has 2 heterocycles. The van der Waals surface area contributed by atoms with E-state index >= 15 is 0 Å². The number of rotatable bonds is 6. The monoisotopic (exact) mass is 346 g/mol. The average Bonchev–Trinajstić information content (AvgIpc) is 2.68. The fourth-order valence-corrected chi connectivity index (χ4v) is 3.81. The van der Waals surface area contributed by atoms with E-state index in [-0.39, 0.29) is 5.97 Å². The van der Waals surface area contributed by atoms with Gasteiger partial charge >= 0.3 is 5.97 Å². The molecule has 25 heavy (non-hydrogen) atoms. The second-order valence-electron chi connectivity index (χ2n) is 6.89. The van der Waals surface area contributed by atoms with Gasteiger partial charge in [-0.25, -0.2) is 4.79 Å². The van der Waals surface area contributed by atoms with E-state index in [1.807, 2.05) is 25.1 Å². The van der Waals surface area contributed by atoms with Crippen molar-refractivity contribution in [3.63, 3.8) is 0 Å². The molecule has 5 heteroatoms. The fourth-order valence-electron chi connectivity index (χ4n) is 3.81. The van der Waals surface area contributed by atoms with Gasteiger partial charge in [0.15, 0.2) is 0 Å². The molecular weight excluding hydrogens is 316 g/mol. The van der Waals surface area contributed by atoms with Gasteiger partial charge in [-0.15, -0.1) is 0 Å². The van der Waals surface area contributed by atoms with Crippen molar-refractivity contribution >= 4 is 5.97 Å². The van der Waals surface area contributed by atoms with Crippen molar-refractivity contribution in [3.8, 4) is 0 Å². The van der Waals surface area contributed by atoms with Gasteiger partial charge in [0, 0.05) is 25.7 Å². The summed E-state index contributed by atoms with van der Waals surface area (Å²) in [5.41, 5.74) is 1.87. The highest BCUT2D eigenvalue weighted by atomic mass is 16.5. The lowest BCUT2D eigenvalue weighted by Crippen LogP contribution is -2.49. The topological polar surface area (TPSA) is 42.0 Å². The van der Waals surface area contributed by atoms with Gasteiger partial charge in [-0.05, 0) is 57.0 Å². The molecule has 2 fully saturated rings. The van der Waals surface area contributed by atoms with Crippen LogP contribution in [0.3, 0.4) is 0 Å². The van der Waals surface area contributed by atoms with E-state index in [4.69, 9.17) is 9.47 Å². The van der Waals surface area contributed by atoms with Crippen LogP contribution in [0.2, 0.25) is 0 Å². The highest BCUT2D eigenvalue weighted by molar-refractivity contribution is 5.89. The molecule has 0 amide bonds. The molecule has 0 spiro atoms. The summed E-state index contributed by atoms with van der Waals surface area (Å²) in [6.07, 6.45) is 3.49. The number of carbonyl (C=O) groups excluding carboxylic acids is 1. The Morgan fingerprint density at radius 3 is 2.68 bits per heavy atom. The summed E-state index contributed by atoms with van der Waals surface area (Å²) in [6.45, 7) is 9.59. The lowest BCUT2D eigenvalue weighted by molar-refractivity contribution is 0.00101. The summed E-state index contributed by atoms with van der Waals surface area (Å²) in [7, 11) is 0. The predicted molar refractivity (Wildman–Crippen MR) is 98.0 cm³/mol. The van der Waals surface area contributed by atoms with Crippen LogP contribution >= 0.6 is 0 Å². The van der Waals surface area contributed by atoms with Gasteiger partial charge in [0.1, 0.15) is 0 Å². The summed E-state index contributed by atoms with van der Waals surface area (Å²) >= 11 is 0. The zero-order valence-electron chi connectivity index (χ0n) is 15.3. The molecule has 0 aliphatic carbocycles. The van der Waals surface area contributed by atoms with E-state index in [1.54, 1.807) is 0 Å². The molecule has 1 aromatic rings. The van der Waals surface area contributed by atoms with Crippen molar-refractivity contribution in [3.05, 3.63) is 35.4 Å². The number of hydrogen-bond acceptors (Lipinski definition) is 5. The van der Waals surface area contributed by atoms with Crippen LogP contribution in [0.15, 0.2) is 24.3 Å². The van der Waals surface area contributed by atoms with Crippen molar-refractivity contribution in [1.82, 2.24) is 9.80 Å². The highest BCUT2D eigenvalue weighted by Crippen LogP contribution is 2.18. The van der Waals surface area contributed by atoms with Crippen molar-refractivity contribution in [2.45, 2.75) is 32.2 Å². The van der Waals surface area contributed by atoms with Crippen LogP contribution in [-0.4, -0.2) is 74.4 Å². The molecule has 0 unspecified atom stereocenters. The van der Waals surface area contributed by atoms with E-state index in [0.717, 1.165) is 45.3 Å². The Bertz CT molecular complexity index is 550. The zero-order chi connectivity index (χ0) is 17.5. The molecule has 0 N–H and O–H groups in total. The minimum atomic E-state index is -0.226. The number of nitrogens with zero attached hydrogens (tertiary/aromatic N) is 2. The zero-order valence-corrected chi connectivity index (χ0v) is 15.3. The van der Waals surface area contributed by atoms with E-state index < -0.39 is 0 Å². The van der Waals surface area contributed by atoms with Crippen molar-refractivity contribution in [1.29, 1.82) is 0 Å². The van der Waals surface area contributed by atoms with Crippen LogP contribution < -0.4 is 0 Å². The molecule has 0 saturated carbocycles. The lowest BCUT2D eigenvalue weighted by Gasteiger charge is -2.40. The predicted octanol–water partition coefficient (Wildman–Crippen LogP) is 2.20. The Morgan fingerprint density at radius 2 is 1.96 bits per heavy atom. The first-order chi connectivity index (χ1) is 12.3. The normalized spacial score (nSPS) is 20.5. The third kappa shape index (κ3) is 5.27.